The van der Waals surface area contributed by atoms with Gasteiger partial charge in [-0.25, -0.2) is 0 Å². The number of hydrogen-bond donors (Lipinski definition) is 1. The van der Waals surface area contributed by atoms with E-state index in [2.05, 4.69) is 44.1 Å². The third kappa shape index (κ3) is 5.70. The molecule has 0 aliphatic rings. The summed E-state index contributed by atoms with van der Waals surface area (Å²) < 4.78 is 5.94. The Bertz CT molecular complexity index is 327. The number of hydrogen-bond acceptors (Lipinski definition) is 3. The zero-order valence-electron chi connectivity index (χ0n) is 12.7. The Kier molecular flexibility index (Phi) is 7.68. The van der Waals surface area contributed by atoms with Crippen LogP contribution >= 0.6 is 0 Å². The number of ether oxygens (including phenoxy) is 1. The van der Waals surface area contributed by atoms with E-state index in [0.29, 0.717) is 12.0 Å². The van der Waals surface area contributed by atoms with Crippen LogP contribution in [0.2, 0.25) is 0 Å². The molecule has 2 unspecified atom stereocenters. The molecule has 0 aromatic carbocycles. The molecule has 0 aliphatic carbocycles. The maximum Gasteiger partial charge on any atom is 0.0754 e. The molecule has 1 rings (SSSR count). The quantitative estimate of drug-likeness (QED) is 0.744. The van der Waals surface area contributed by atoms with Gasteiger partial charge in [0.2, 0.25) is 0 Å². The van der Waals surface area contributed by atoms with Gasteiger partial charge in [0, 0.05) is 31.0 Å². The maximum atomic E-state index is 5.94. The maximum absolute atomic E-state index is 5.94. The fourth-order valence-electron chi connectivity index (χ4n) is 2.34. The van der Waals surface area contributed by atoms with Crippen LogP contribution in [0.5, 0.6) is 0 Å². The molecule has 2 atom stereocenters. The first-order chi connectivity index (χ1) is 9.19. The van der Waals surface area contributed by atoms with Gasteiger partial charge in [0.25, 0.3) is 0 Å². The molecular weight excluding hydrogens is 236 g/mol. The van der Waals surface area contributed by atoms with Crippen LogP contribution in [0, 0.1) is 5.92 Å². The zero-order valence-corrected chi connectivity index (χ0v) is 12.7. The summed E-state index contributed by atoms with van der Waals surface area (Å²) in [6.07, 6.45) is 4.15. The van der Waals surface area contributed by atoms with Gasteiger partial charge in [0.1, 0.15) is 0 Å². The number of nitrogens with one attached hydrogen (secondary N) is 1. The van der Waals surface area contributed by atoms with Gasteiger partial charge in [-0.1, -0.05) is 26.8 Å². The van der Waals surface area contributed by atoms with E-state index in [1.165, 1.54) is 0 Å². The summed E-state index contributed by atoms with van der Waals surface area (Å²) >= 11 is 0. The van der Waals surface area contributed by atoms with Crippen LogP contribution in [0.1, 0.15) is 39.8 Å². The second-order valence-corrected chi connectivity index (χ2v) is 5.25. The standard InChI is InChI=1S/C16H28N2O/c1-5-10-18-15(16(13(3)4)19-6-2)12-14-9-7-8-11-17-14/h7-9,11,13,15-16,18H,5-6,10,12H2,1-4H3. The lowest BCUT2D eigenvalue weighted by molar-refractivity contribution is 0.00341. The van der Waals surface area contributed by atoms with Gasteiger partial charge in [-0.2, -0.15) is 0 Å². The molecule has 108 valence electrons. The van der Waals surface area contributed by atoms with Crippen molar-refractivity contribution >= 4 is 0 Å². The van der Waals surface area contributed by atoms with E-state index in [0.717, 1.165) is 31.7 Å². The molecule has 0 saturated carbocycles. The molecule has 19 heavy (non-hydrogen) atoms. The zero-order chi connectivity index (χ0) is 14.1. The van der Waals surface area contributed by atoms with Gasteiger partial charge in [0.15, 0.2) is 0 Å². The minimum absolute atomic E-state index is 0.235. The van der Waals surface area contributed by atoms with Crippen molar-refractivity contribution in [2.24, 2.45) is 5.92 Å². The third-order valence-corrected chi connectivity index (χ3v) is 3.22. The lowest BCUT2D eigenvalue weighted by Gasteiger charge is -2.30. The van der Waals surface area contributed by atoms with Crippen molar-refractivity contribution in [3.63, 3.8) is 0 Å². The van der Waals surface area contributed by atoms with Gasteiger partial charge in [-0.3, -0.25) is 4.98 Å². The summed E-state index contributed by atoms with van der Waals surface area (Å²) in [4.78, 5) is 4.43. The van der Waals surface area contributed by atoms with Gasteiger partial charge in [-0.15, -0.1) is 0 Å². The molecule has 1 N–H and O–H groups in total. The number of aromatic nitrogens is 1. The monoisotopic (exact) mass is 264 g/mol. The molecule has 0 radical (unpaired) electrons. The first kappa shape index (κ1) is 16.1. The SMILES string of the molecule is CCCNC(Cc1ccccn1)C(OCC)C(C)C. The van der Waals surface area contributed by atoms with Crippen molar-refractivity contribution in [2.45, 2.75) is 52.7 Å². The minimum atomic E-state index is 0.235. The van der Waals surface area contributed by atoms with Crippen molar-refractivity contribution in [2.75, 3.05) is 13.2 Å². The van der Waals surface area contributed by atoms with Crippen LogP contribution in [0.15, 0.2) is 24.4 Å². The van der Waals surface area contributed by atoms with Crippen molar-refractivity contribution in [1.29, 1.82) is 0 Å². The highest BCUT2D eigenvalue weighted by atomic mass is 16.5. The Morgan fingerprint density at radius 2 is 2.05 bits per heavy atom. The van der Waals surface area contributed by atoms with E-state index in [1.807, 2.05) is 18.3 Å². The average Bonchev–Trinajstić information content (AvgIpc) is 2.42. The molecule has 0 amide bonds. The van der Waals surface area contributed by atoms with Crippen LogP contribution in [-0.4, -0.2) is 30.3 Å². The van der Waals surface area contributed by atoms with Gasteiger partial charge >= 0.3 is 0 Å². The van der Waals surface area contributed by atoms with E-state index >= 15 is 0 Å². The van der Waals surface area contributed by atoms with E-state index in [-0.39, 0.29) is 6.10 Å². The Labute approximate surface area is 117 Å². The first-order valence-electron chi connectivity index (χ1n) is 7.43. The Morgan fingerprint density at radius 1 is 1.26 bits per heavy atom. The second kappa shape index (κ2) is 9.05. The number of pyridine rings is 1. The summed E-state index contributed by atoms with van der Waals surface area (Å²) in [7, 11) is 0. The van der Waals surface area contributed by atoms with E-state index < -0.39 is 0 Å². The number of nitrogens with zero attached hydrogens (tertiary/aromatic N) is 1. The third-order valence-electron chi connectivity index (χ3n) is 3.22. The van der Waals surface area contributed by atoms with E-state index in [1.54, 1.807) is 0 Å². The molecule has 0 aliphatic heterocycles. The highest BCUT2D eigenvalue weighted by molar-refractivity contribution is 5.06. The first-order valence-corrected chi connectivity index (χ1v) is 7.43. The molecule has 0 saturated heterocycles. The summed E-state index contributed by atoms with van der Waals surface area (Å²) in [5.41, 5.74) is 1.13. The summed E-state index contributed by atoms with van der Waals surface area (Å²) in [5.74, 6) is 0.498. The Morgan fingerprint density at radius 3 is 2.58 bits per heavy atom. The van der Waals surface area contributed by atoms with Crippen molar-refractivity contribution in [3.05, 3.63) is 30.1 Å². The topological polar surface area (TPSA) is 34.2 Å². The van der Waals surface area contributed by atoms with E-state index in [9.17, 15) is 0 Å². The molecule has 1 aromatic heterocycles. The number of rotatable bonds is 9. The van der Waals surface area contributed by atoms with Crippen molar-refractivity contribution in [3.8, 4) is 0 Å². The second-order valence-electron chi connectivity index (χ2n) is 5.25. The summed E-state index contributed by atoms with van der Waals surface area (Å²) in [5, 5.41) is 3.62. The molecular formula is C16H28N2O. The summed E-state index contributed by atoms with van der Waals surface area (Å²) in [6, 6.07) is 6.42. The predicted octanol–water partition coefficient (Wildman–Crippen LogP) is 3.05. The van der Waals surface area contributed by atoms with Crippen molar-refractivity contribution in [1.82, 2.24) is 10.3 Å². The van der Waals surface area contributed by atoms with Crippen LogP contribution in [0.4, 0.5) is 0 Å². The molecule has 1 aromatic rings. The van der Waals surface area contributed by atoms with Gasteiger partial charge < -0.3 is 10.1 Å². The van der Waals surface area contributed by atoms with Crippen LogP contribution < -0.4 is 5.32 Å². The molecule has 1 heterocycles. The highest BCUT2D eigenvalue weighted by Gasteiger charge is 2.25. The molecule has 0 spiro atoms. The predicted molar refractivity (Wildman–Crippen MR) is 80.3 cm³/mol. The average molecular weight is 264 g/mol. The fraction of sp³-hybridized carbons (Fsp3) is 0.688. The lowest BCUT2D eigenvalue weighted by Crippen LogP contribution is -2.46. The van der Waals surface area contributed by atoms with Crippen LogP contribution in [0.25, 0.3) is 0 Å². The van der Waals surface area contributed by atoms with Crippen LogP contribution in [0.3, 0.4) is 0 Å². The molecule has 3 nitrogen and oxygen atoms in total. The Balaban J connectivity index is 2.74. The highest BCUT2D eigenvalue weighted by Crippen LogP contribution is 2.15. The lowest BCUT2D eigenvalue weighted by atomic mass is 9.95. The van der Waals surface area contributed by atoms with Crippen LogP contribution in [-0.2, 0) is 11.2 Å². The van der Waals surface area contributed by atoms with Crippen molar-refractivity contribution < 1.29 is 4.74 Å². The summed E-state index contributed by atoms with van der Waals surface area (Å²) in [6.45, 7) is 10.5. The molecule has 3 heteroatoms. The largest absolute Gasteiger partial charge is 0.377 e. The van der Waals surface area contributed by atoms with Gasteiger partial charge in [0.05, 0.1) is 6.10 Å². The minimum Gasteiger partial charge on any atom is -0.377 e. The fourth-order valence-corrected chi connectivity index (χ4v) is 2.34. The smallest absolute Gasteiger partial charge is 0.0754 e. The molecule has 0 fully saturated rings. The van der Waals surface area contributed by atoms with E-state index in [4.69, 9.17) is 4.74 Å². The molecule has 0 bridgehead atoms. The normalized spacial score (nSPS) is 14.6. The van der Waals surface area contributed by atoms with Gasteiger partial charge in [-0.05, 0) is 37.9 Å². The Hall–Kier alpha value is -0.930.